The van der Waals surface area contributed by atoms with Crippen LogP contribution in [0.2, 0.25) is 0 Å². The molecule has 0 saturated heterocycles. The number of hydrogen-bond acceptors (Lipinski definition) is 6. The number of methoxy groups -OCH3 is 1. The Morgan fingerprint density at radius 2 is 1.85 bits per heavy atom. The molecule has 4 N–H and O–H groups in total. The highest BCUT2D eigenvalue weighted by atomic mass is 32.2. The highest BCUT2D eigenvalue weighted by Crippen LogP contribution is 2.49. The minimum atomic E-state index is -0.327. The van der Waals surface area contributed by atoms with E-state index in [0.29, 0.717) is 22.9 Å². The molecule has 170 valence electrons. The monoisotopic (exact) mass is 469 g/mol. The van der Waals surface area contributed by atoms with Gasteiger partial charge in [-0.2, -0.15) is 0 Å². The molecule has 1 aliphatic rings. The van der Waals surface area contributed by atoms with Gasteiger partial charge in [0, 0.05) is 69.3 Å². The summed E-state index contributed by atoms with van der Waals surface area (Å²) in [7, 11) is 1.59. The van der Waals surface area contributed by atoms with Crippen LogP contribution in [-0.4, -0.2) is 28.9 Å². The van der Waals surface area contributed by atoms with Crippen LogP contribution in [0.5, 0.6) is 5.75 Å². The van der Waals surface area contributed by atoms with Gasteiger partial charge in [-0.05, 0) is 35.9 Å². The molecule has 4 aromatic rings. The minimum Gasteiger partial charge on any atom is -0.497 e. The highest BCUT2D eigenvalue weighted by molar-refractivity contribution is 7.99. The first-order valence-corrected chi connectivity index (χ1v) is 11.7. The maximum atomic E-state index is 12.6. The molecule has 0 spiro atoms. The van der Waals surface area contributed by atoms with Crippen LogP contribution >= 0.6 is 11.8 Å². The van der Waals surface area contributed by atoms with Crippen molar-refractivity contribution in [3.8, 4) is 16.9 Å². The lowest BCUT2D eigenvalue weighted by Gasteiger charge is -2.16. The topological polar surface area (TPSA) is 102 Å². The summed E-state index contributed by atoms with van der Waals surface area (Å²) in [6.07, 6.45) is 5.42. The van der Waals surface area contributed by atoms with Gasteiger partial charge in [-0.25, -0.2) is 9.78 Å². The van der Waals surface area contributed by atoms with Gasteiger partial charge in [-0.3, -0.25) is 4.98 Å². The molecule has 1 atom stereocenters. The number of ether oxygens (including phenoxy) is 1. The lowest BCUT2D eigenvalue weighted by Crippen LogP contribution is -2.19. The third-order valence-electron chi connectivity index (χ3n) is 5.69. The molecule has 2 aromatic heterocycles. The first kappa shape index (κ1) is 21.8. The number of rotatable bonds is 5. The number of amides is 2. The van der Waals surface area contributed by atoms with E-state index in [1.54, 1.807) is 37.2 Å². The standard InChI is InChI=1S/C26H23N5O2S/c1-33-20-9-3-8-19(12-20)31-26(32)30-18-7-2-5-16(11-18)22-15-34-24-21(14-29-25(27)23(22)24)17-6-4-10-28-13-17/h2-14,22H,15H2,1H3,(H2,27,29)(H2,30,31,32). The average Bonchev–Trinajstić information content (AvgIpc) is 3.31. The van der Waals surface area contributed by atoms with E-state index in [4.69, 9.17) is 10.5 Å². The molecule has 3 heterocycles. The molecule has 0 fully saturated rings. The van der Waals surface area contributed by atoms with E-state index in [0.717, 1.165) is 32.9 Å². The van der Waals surface area contributed by atoms with E-state index >= 15 is 0 Å². The molecule has 5 rings (SSSR count). The maximum absolute atomic E-state index is 12.6. The number of benzene rings is 2. The third-order valence-corrected chi connectivity index (χ3v) is 6.92. The van der Waals surface area contributed by atoms with Crippen LogP contribution in [0.15, 0.2) is 84.1 Å². The van der Waals surface area contributed by atoms with Crippen LogP contribution in [0.4, 0.5) is 22.0 Å². The van der Waals surface area contributed by atoms with E-state index in [1.807, 2.05) is 54.9 Å². The van der Waals surface area contributed by atoms with E-state index in [2.05, 4.69) is 26.7 Å². The normalized spacial score (nSPS) is 14.3. The van der Waals surface area contributed by atoms with E-state index in [9.17, 15) is 4.79 Å². The largest absolute Gasteiger partial charge is 0.497 e. The van der Waals surface area contributed by atoms with Crippen molar-refractivity contribution in [3.63, 3.8) is 0 Å². The summed E-state index contributed by atoms with van der Waals surface area (Å²) < 4.78 is 5.21. The van der Waals surface area contributed by atoms with Crippen molar-refractivity contribution in [2.24, 2.45) is 0 Å². The number of urea groups is 1. The van der Waals surface area contributed by atoms with Crippen LogP contribution in [0.3, 0.4) is 0 Å². The van der Waals surface area contributed by atoms with Gasteiger partial charge in [0.05, 0.1) is 7.11 Å². The average molecular weight is 470 g/mol. The molecule has 2 amide bonds. The van der Waals surface area contributed by atoms with Crippen LogP contribution in [0.1, 0.15) is 17.0 Å². The summed E-state index contributed by atoms with van der Waals surface area (Å²) in [6, 6.07) is 18.7. The number of hydrogen-bond donors (Lipinski definition) is 3. The van der Waals surface area contributed by atoms with E-state index < -0.39 is 0 Å². The molecule has 1 aliphatic heterocycles. The highest BCUT2D eigenvalue weighted by Gasteiger charge is 2.30. The number of carbonyl (C=O) groups excluding carboxylic acids is 1. The number of pyridine rings is 2. The Morgan fingerprint density at radius 3 is 2.62 bits per heavy atom. The third kappa shape index (κ3) is 4.40. The van der Waals surface area contributed by atoms with Crippen LogP contribution in [0.25, 0.3) is 11.1 Å². The van der Waals surface area contributed by atoms with Crippen molar-refractivity contribution in [2.45, 2.75) is 10.8 Å². The van der Waals surface area contributed by atoms with Crippen molar-refractivity contribution in [2.75, 3.05) is 29.2 Å². The summed E-state index contributed by atoms with van der Waals surface area (Å²) >= 11 is 1.77. The van der Waals surface area contributed by atoms with Gasteiger partial charge in [-0.1, -0.05) is 24.3 Å². The number of fused-ring (bicyclic) bond motifs is 1. The molecule has 0 saturated carbocycles. The fourth-order valence-electron chi connectivity index (χ4n) is 4.08. The van der Waals surface area contributed by atoms with E-state index in [1.165, 1.54) is 0 Å². The van der Waals surface area contributed by atoms with Crippen molar-refractivity contribution in [1.82, 2.24) is 9.97 Å². The minimum absolute atomic E-state index is 0.0762. The molecular weight excluding hydrogens is 446 g/mol. The quantitative estimate of drug-likeness (QED) is 0.351. The number of carbonyl (C=O) groups is 1. The first-order valence-electron chi connectivity index (χ1n) is 10.8. The first-order chi connectivity index (χ1) is 16.6. The lowest BCUT2D eigenvalue weighted by molar-refractivity contribution is 0.262. The van der Waals surface area contributed by atoms with Gasteiger partial charge in [0.25, 0.3) is 0 Å². The zero-order valence-corrected chi connectivity index (χ0v) is 19.3. The molecule has 8 heteroatoms. The molecule has 34 heavy (non-hydrogen) atoms. The second-order valence-corrected chi connectivity index (χ2v) is 8.87. The summed E-state index contributed by atoms with van der Waals surface area (Å²) in [6.45, 7) is 0. The molecule has 2 aromatic carbocycles. The van der Waals surface area contributed by atoms with Crippen molar-refractivity contribution < 1.29 is 9.53 Å². The van der Waals surface area contributed by atoms with Crippen LogP contribution in [-0.2, 0) is 0 Å². The maximum Gasteiger partial charge on any atom is 0.323 e. The van der Waals surface area contributed by atoms with Gasteiger partial charge in [0.15, 0.2) is 0 Å². The number of nitrogens with two attached hydrogens (primary N) is 1. The zero-order chi connectivity index (χ0) is 23.5. The Balaban J connectivity index is 1.38. The SMILES string of the molecule is COc1cccc(NC(=O)Nc2cccc(C3CSc4c(-c5cccnc5)cnc(N)c43)c2)c1. The molecule has 0 aliphatic carbocycles. The Morgan fingerprint density at radius 1 is 1.06 bits per heavy atom. The number of aromatic nitrogens is 2. The number of thioether (sulfide) groups is 1. The fourth-order valence-corrected chi connectivity index (χ4v) is 5.50. The Kier molecular flexibility index (Phi) is 6.05. The number of nitrogens with one attached hydrogen (secondary N) is 2. The Bertz CT molecular complexity index is 1350. The summed E-state index contributed by atoms with van der Waals surface area (Å²) in [5.74, 6) is 2.13. The molecular formula is C26H23N5O2S. The fraction of sp³-hybridized carbons (Fsp3) is 0.115. The van der Waals surface area contributed by atoms with Crippen LogP contribution in [0, 0.1) is 0 Å². The second kappa shape index (κ2) is 9.44. The Labute approximate surface area is 201 Å². The van der Waals surface area contributed by atoms with Crippen LogP contribution < -0.4 is 21.1 Å². The van der Waals surface area contributed by atoms with Gasteiger partial charge >= 0.3 is 6.03 Å². The molecule has 1 unspecified atom stereocenters. The van der Waals surface area contributed by atoms with Crippen molar-refractivity contribution in [3.05, 3.63) is 90.4 Å². The number of anilines is 3. The van der Waals surface area contributed by atoms with E-state index in [-0.39, 0.29) is 11.9 Å². The smallest absolute Gasteiger partial charge is 0.323 e. The Hall–Kier alpha value is -4.04. The predicted octanol–water partition coefficient (Wildman–Crippen LogP) is 5.62. The van der Waals surface area contributed by atoms with Crippen molar-refractivity contribution in [1.29, 1.82) is 0 Å². The summed E-state index contributed by atoms with van der Waals surface area (Å²) in [5.41, 5.74) is 11.9. The second-order valence-electron chi connectivity index (χ2n) is 7.84. The zero-order valence-electron chi connectivity index (χ0n) is 18.5. The number of nitrogen functional groups attached to an aromatic ring is 1. The molecule has 7 nitrogen and oxygen atoms in total. The summed E-state index contributed by atoms with van der Waals surface area (Å²) in [4.78, 5) is 22.4. The predicted molar refractivity (Wildman–Crippen MR) is 137 cm³/mol. The molecule has 0 radical (unpaired) electrons. The van der Waals surface area contributed by atoms with Crippen molar-refractivity contribution >= 4 is 35.0 Å². The van der Waals surface area contributed by atoms with Gasteiger partial charge in [0.2, 0.25) is 0 Å². The summed E-state index contributed by atoms with van der Waals surface area (Å²) in [5, 5.41) is 5.75. The molecule has 0 bridgehead atoms. The number of nitrogens with zero attached hydrogens (tertiary/aromatic N) is 2. The van der Waals surface area contributed by atoms with Gasteiger partial charge in [0.1, 0.15) is 11.6 Å². The lowest BCUT2D eigenvalue weighted by atomic mass is 9.91. The van der Waals surface area contributed by atoms with Gasteiger partial charge < -0.3 is 21.1 Å². The van der Waals surface area contributed by atoms with Gasteiger partial charge in [-0.15, -0.1) is 11.8 Å².